The van der Waals surface area contributed by atoms with Crippen LogP contribution in [0.25, 0.3) is 0 Å². The lowest BCUT2D eigenvalue weighted by Crippen LogP contribution is -2.39. The molecule has 0 amide bonds. The number of nitro groups is 1. The molecule has 2 rings (SSSR count). The highest BCUT2D eigenvalue weighted by Crippen LogP contribution is 2.15. The third-order valence-electron chi connectivity index (χ3n) is 2.80. The lowest BCUT2D eigenvalue weighted by atomic mass is 10.1. The van der Waals surface area contributed by atoms with Gasteiger partial charge in [0.1, 0.15) is 0 Å². The highest BCUT2D eigenvalue weighted by Gasteiger charge is 2.17. The summed E-state index contributed by atoms with van der Waals surface area (Å²) >= 11 is 0. The van der Waals surface area contributed by atoms with Gasteiger partial charge in [0.2, 0.25) is 0 Å². The van der Waals surface area contributed by atoms with Gasteiger partial charge in [-0.1, -0.05) is 12.1 Å². The molecule has 0 radical (unpaired) electrons. The average molecular weight is 248 g/mol. The monoisotopic (exact) mass is 248 g/mol. The zero-order valence-electron chi connectivity index (χ0n) is 10.0. The van der Waals surface area contributed by atoms with Crippen molar-refractivity contribution < 1.29 is 4.92 Å². The molecule has 0 aliphatic carbocycles. The molecule has 3 N–H and O–H groups in total. The van der Waals surface area contributed by atoms with Crippen molar-refractivity contribution in [2.45, 2.75) is 13.0 Å². The van der Waals surface area contributed by atoms with Crippen LogP contribution in [0.5, 0.6) is 0 Å². The first-order chi connectivity index (χ1) is 8.65. The quantitative estimate of drug-likeness (QED) is 0.476. The maximum absolute atomic E-state index is 10.6. The van der Waals surface area contributed by atoms with Gasteiger partial charge in [-0.05, 0) is 24.1 Å². The van der Waals surface area contributed by atoms with Gasteiger partial charge in [-0.3, -0.25) is 10.1 Å². The van der Waals surface area contributed by atoms with E-state index in [4.69, 9.17) is 5.73 Å². The van der Waals surface area contributed by atoms with Gasteiger partial charge in [-0.15, -0.1) is 0 Å². The zero-order valence-corrected chi connectivity index (χ0v) is 10.0. The third kappa shape index (κ3) is 3.13. The van der Waals surface area contributed by atoms with Crippen LogP contribution in [0.1, 0.15) is 12.0 Å². The van der Waals surface area contributed by atoms with E-state index in [1.54, 1.807) is 0 Å². The fourth-order valence-electron chi connectivity index (χ4n) is 2.02. The first kappa shape index (κ1) is 12.2. The van der Waals surface area contributed by atoms with E-state index in [-0.39, 0.29) is 0 Å². The van der Waals surface area contributed by atoms with Crippen molar-refractivity contribution in [1.29, 1.82) is 0 Å². The Balaban J connectivity index is 2.13. The van der Waals surface area contributed by atoms with E-state index in [0.717, 1.165) is 31.3 Å². The minimum absolute atomic E-state index is 0.431. The summed E-state index contributed by atoms with van der Waals surface area (Å²) in [5.74, 6) is 0.564. The molecule has 1 heterocycles. The highest BCUT2D eigenvalue weighted by atomic mass is 16.6. The molecule has 1 fully saturated rings. The van der Waals surface area contributed by atoms with Gasteiger partial charge in [0.05, 0.1) is 4.92 Å². The van der Waals surface area contributed by atoms with Crippen LogP contribution in [0, 0.1) is 10.1 Å². The van der Waals surface area contributed by atoms with E-state index < -0.39 is 4.92 Å². The van der Waals surface area contributed by atoms with Gasteiger partial charge in [0.25, 0.3) is 6.20 Å². The largest absolute Gasteiger partial charge is 0.399 e. The topological polar surface area (TPSA) is 84.4 Å². The Morgan fingerprint density at radius 1 is 1.56 bits per heavy atom. The Morgan fingerprint density at radius 3 is 3.11 bits per heavy atom. The summed E-state index contributed by atoms with van der Waals surface area (Å²) in [5, 5.41) is 13.6. The smallest absolute Gasteiger partial charge is 0.274 e. The standard InChI is InChI=1S/C12H16N4O2/c13-11-4-1-3-10(7-11)8-15-6-2-5-14-12(15)9-16(17)18/h1,3-4,7,9,14H,2,5-6,8,13H2. The van der Waals surface area contributed by atoms with Gasteiger partial charge in [0, 0.05) is 25.3 Å². The van der Waals surface area contributed by atoms with Crippen molar-refractivity contribution in [3.63, 3.8) is 0 Å². The molecule has 1 saturated heterocycles. The van der Waals surface area contributed by atoms with Crippen molar-refractivity contribution in [2.24, 2.45) is 0 Å². The second-order valence-corrected chi connectivity index (χ2v) is 4.25. The molecule has 0 atom stereocenters. The van der Waals surface area contributed by atoms with Crippen molar-refractivity contribution >= 4 is 5.69 Å². The first-order valence-electron chi connectivity index (χ1n) is 5.84. The Bertz CT molecular complexity index is 473. The Kier molecular flexibility index (Phi) is 3.66. The third-order valence-corrected chi connectivity index (χ3v) is 2.80. The van der Waals surface area contributed by atoms with Crippen molar-refractivity contribution in [3.8, 4) is 0 Å². The second-order valence-electron chi connectivity index (χ2n) is 4.25. The average Bonchev–Trinajstić information content (AvgIpc) is 2.31. The molecule has 1 aromatic carbocycles. The molecular formula is C12H16N4O2. The number of nitrogen functional groups attached to an aromatic ring is 1. The molecule has 6 heteroatoms. The van der Waals surface area contributed by atoms with E-state index >= 15 is 0 Å². The van der Waals surface area contributed by atoms with Crippen molar-refractivity contribution in [2.75, 3.05) is 18.8 Å². The molecule has 1 aliphatic rings. The van der Waals surface area contributed by atoms with Crippen LogP contribution in [0.4, 0.5) is 5.69 Å². The SMILES string of the molecule is Nc1cccc(CN2CCCNC2=C[N+](=O)[O-])c1. The van der Waals surface area contributed by atoms with E-state index in [2.05, 4.69) is 5.32 Å². The number of hydrogen-bond donors (Lipinski definition) is 2. The molecule has 1 aliphatic heterocycles. The zero-order chi connectivity index (χ0) is 13.0. The Morgan fingerprint density at radius 2 is 2.39 bits per heavy atom. The number of nitrogens with two attached hydrogens (primary N) is 1. The van der Waals surface area contributed by atoms with Gasteiger partial charge in [0.15, 0.2) is 5.82 Å². The normalized spacial score (nSPS) is 17.6. The number of hydrogen-bond acceptors (Lipinski definition) is 5. The van der Waals surface area contributed by atoms with Crippen LogP contribution in [-0.2, 0) is 6.54 Å². The molecular weight excluding hydrogens is 232 g/mol. The molecule has 0 bridgehead atoms. The Labute approximate surface area is 105 Å². The van der Waals surface area contributed by atoms with Crippen LogP contribution < -0.4 is 11.1 Å². The van der Waals surface area contributed by atoms with Crippen molar-refractivity contribution in [3.05, 3.63) is 52.0 Å². The molecule has 18 heavy (non-hydrogen) atoms. The van der Waals surface area contributed by atoms with Crippen LogP contribution in [0.15, 0.2) is 36.3 Å². The van der Waals surface area contributed by atoms with Crippen LogP contribution >= 0.6 is 0 Å². The minimum Gasteiger partial charge on any atom is -0.399 e. The summed E-state index contributed by atoms with van der Waals surface area (Å²) in [7, 11) is 0. The number of rotatable bonds is 3. The molecule has 96 valence electrons. The minimum atomic E-state index is -0.431. The summed E-state index contributed by atoms with van der Waals surface area (Å²) in [6.07, 6.45) is 1.99. The fraction of sp³-hybridized carbons (Fsp3) is 0.333. The molecule has 0 aromatic heterocycles. The van der Waals surface area contributed by atoms with Crippen molar-refractivity contribution in [1.82, 2.24) is 10.2 Å². The van der Waals surface area contributed by atoms with E-state index in [0.29, 0.717) is 18.1 Å². The number of benzene rings is 1. The second kappa shape index (κ2) is 5.39. The molecule has 6 nitrogen and oxygen atoms in total. The van der Waals surface area contributed by atoms with Crippen LogP contribution in [0.3, 0.4) is 0 Å². The van der Waals surface area contributed by atoms with Gasteiger partial charge < -0.3 is 16.0 Å². The fourth-order valence-corrected chi connectivity index (χ4v) is 2.02. The van der Waals surface area contributed by atoms with E-state index in [1.165, 1.54) is 0 Å². The lowest BCUT2D eigenvalue weighted by molar-refractivity contribution is -0.405. The number of nitrogens with one attached hydrogen (secondary N) is 1. The van der Waals surface area contributed by atoms with Gasteiger partial charge >= 0.3 is 0 Å². The van der Waals surface area contributed by atoms with E-state index in [9.17, 15) is 10.1 Å². The molecule has 0 saturated carbocycles. The molecule has 1 aromatic rings. The summed E-state index contributed by atoms with van der Waals surface area (Å²) in [4.78, 5) is 12.1. The maximum Gasteiger partial charge on any atom is 0.274 e. The lowest BCUT2D eigenvalue weighted by Gasteiger charge is -2.30. The maximum atomic E-state index is 10.6. The van der Waals surface area contributed by atoms with Gasteiger partial charge in [-0.25, -0.2) is 0 Å². The number of nitrogens with zero attached hydrogens (tertiary/aromatic N) is 2. The highest BCUT2D eigenvalue weighted by molar-refractivity contribution is 5.40. The predicted octanol–water partition coefficient (Wildman–Crippen LogP) is 1.14. The predicted molar refractivity (Wildman–Crippen MR) is 69.0 cm³/mol. The summed E-state index contributed by atoms with van der Waals surface area (Å²) in [6.45, 7) is 2.20. The van der Waals surface area contributed by atoms with E-state index in [1.807, 2.05) is 29.2 Å². The Hall–Kier alpha value is -2.24. The van der Waals surface area contributed by atoms with Crippen LogP contribution in [0.2, 0.25) is 0 Å². The summed E-state index contributed by atoms with van der Waals surface area (Å²) < 4.78 is 0. The van der Waals surface area contributed by atoms with Crippen LogP contribution in [-0.4, -0.2) is 22.9 Å². The number of anilines is 1. The molecule has 0 unspecified atom stereocenters. The first-order valence-corrected chi connectivity index (χ1v) is 5.84. The summed E-state index contributed by atoms with van der Waals surface area (Å²) in [6, 6.07) is 7.57. The van der Waals surface area contributed by atoms with Gasteiger partial charge in [-0.2, -0.15) is 0 Å². The summed E-state index contributed by atoms with van der Waals surface area (Å²) in [5.41, 5.74) is 7.48. The molecule has 0 spiro atoms.